The van der Waals surface area contributed by atoms with Crippen molar-refractivity contribution in [3.8, 4) is 0 Å². The molecule has 1 heterocycles. The average Bonchev–Trinajstić information content (AvgIpc) is 2.98. The van der Waals surface area contributed by atoms with E-state index in [1.165, 1.54) is 13.8 Å². The van der Waals surface area contributed by atoms with E-state index in [4.69, 9.17) is 14.2 Å². The summed E-state index contributed by atoms with van der Waals surface area (Å²) in [7, 11) is 0. The summed E-state index contributed by atoms with van der Waals surface area (Å²) < 4.78 is 16.1. The third-order valence-corrected chi connectivity index (χ3v) is 5.83. The smallest absolute Gasteiger partial charge is 0.334 e. The monoisotopic (exact) mass is 380 g/mol. The lowest BCUT2D eigenvalue weighted by Crippen LogP contribution is -2.57. The number of carbonyl (C=O) groups is 3. The third-order valence-electron chi connectivity index (χ3n) is 5.83. The number of hydrogen-bond donors (Lipinski definition) is 2. The Morgan fingerprint density at radius 3 is 2.37 bits per heavy atom. The highest BCUT2D eigenvalue weighted by molar-refractivity contribution is 5.91. The van der Waals surface area contributed by atoms with Crippen molar-refractivity contribution in [1.29, 1.82) is 0 Å². The zero-order valence-electron chi connectivity index (χ0n) is 15.7. The number of ether oxygens (including phenoxy) is 3. The number of hydrogen-bond acceptors (Lipinski definition) is 8. The highest BCUT2D eigenvalue weighted by atomic mass is 16.6. The number of rotatable bonds is 2. The Morgan fingerprint density at radius 1 is 1.22 bits per heavy atom. The van der Waals surface area contributed by atoms with Gasteiger partial charge in [0.15, 0.2) is 6.10 Å². The number of esters is 3. The maximum absolute atomic E-state index is 12.1. The number of fused-ring (bicyclic) bond motifs is 3. The van der Waals surface area contributed by atoms with Crippen LogP contribution in [-0.2, 0) is 28.6 Å². The molecule has 3 aliphatic rings. The summed E-state index contributed by atoms with van der Waals surface area (Å²) in [6.45, 7) is 9.34. The van der Waals surface area contributed by atoms with Gasteiger partial charge in [-0.25, -0.2) is 4.79 Å². The van der Waals surface area contributed by atoms with Crippen LogP contribution in [0.3, 0.4) is 0 Å². The molecule has 148 valence electrons. The molecule has 8 nitrogen and oxygen atoms in total. The second kappa shape index (κ2) is 6.45. The first-order chi connectivity index (χ1) is 12.5. The molecule has 2 N–H and O–H groups in total. The van der Waals surface area contributed by atoms with Crippen LogP contribution in [0.1, 0.15) is 27.7 Å². The van der Waals surface area contributed by atoms with Crippen LogP contribution in [-0.4, -0.2) is 58.1 Å². The Hall–Kier alpha value is -2.19. The molecule has 8 heteroatoms. The molecular formula is C19H24O8. The van der Waals surface area contributed by atoms with Gasteiger partial charge in [0.05, 0.1) is 5.92 Å². The molecule has 2 aliphatic carbocycles. The minimum absolute atomic E-state index is 0.0600. The topological polar surface area (TPSA) is 119 Å². The maximum atomic E-state index is 12.1. The van der Waals surface area contributed by atoms with E-state index in [2.05, 4.69) is 6.58 Å². The molecule has 1 aliphatic heterocycles. The molecule has 0 spiro atoms. The van der Waals surface area contributed by atoms with Gasteiger partial charge in [0.1, 0.15) is 23.9 Å². The van der Waals surface area contributed by atoms with Crippen LogP contribution in [0.2, 0.25) is 0 Å². The summed E-state index contributed by atoms with van der Waals surface area (Å²) in [6.07, 6.45) is -2.71. The van der Waals surface area contributed by atoms with Gasteiger partial charge in [-0.05, 0) is 19.9 Å². The standard InChI is InChI=1S/C19H24O8/c1-7-6-11(25-9(3)20)14-12(7)16-13(8(2)18(23)27-16)15(22)17(19(14,5)24)26-10(4)21/h6,11-17,22,24H,2H2,1,3-5H3. The number of carbonyl (C=O) groups excluding carboxylic acids is 3. The summed E-state index contributed by atoms with van der Waals surface area (Å²) in [4.78, 5) is 35.3. The molecule has 0 radical (unpaired) electrons. The van der Waals surface area contributed by atoms with Crippen molar-refractivity contribution in [2.75, 3.05) is 0 Å². The van der Waals surface area contributed by atoms with E-state index in [0.29, 0.717) is 0 Å². The van der Waals surface area contributed by atoms with Crippen LogP contribution in [0.4, 0.5) is 0 Å². The van der Waals surface area contributed by atoms with Gasteiger partial charge < -0.3 is 24.4 Å². The Labute approximate surface area is 156 Å². The third kappa shape index (κ3) is 2.96. The van der Waals surface area contributed by atoms with E-state index in [9.17, 15) is 24.6 Å². The highest BCUT2D eigenvalue weighted by Gasteiger charge is 2.65. The molecule has 2 fully saturated rings. The van der Waals surface area contributed by atoms with Crippen molar-refractivity contribution >= 4 is 17.9 Å². The lowest BCUT2D eigenvalue weighted by Gasteiger charge is -2.41. The zero-order chi connectivity index (χ0) is 20.3. The average molecular weight is 380 g/mol. The van der Waals surface area contributed by atoms with Crippen molar-refractivity contribution in [3.05, 3.63) is 23.8 Å². The van der Waals surface area contributed by atoms with Crippen molar-refractivity contribution in [1.82, 2.24) is 0 Å². The van der Waals surface area contributed by atoms with E-state index >= 15 is 0 Å². The van der Waals surface area contributed by atoms with Crippen LogP contribution < -0.4 is 0 Å². The van der Waals surface area contributed by atoms with Crippen LogP contribution >= 0.6 is 0 Å². The molecule has 0 bridgehead atoms. The predicted octanol–water partition coefficient (Wildman–Crippen LogP) is 0.265. The van der Waals surface area contributed by atoms with Crippen molar-refractivity contribution in [3.63, 3.8) is 0 Å². The summed E-state index contributed by atoms with van der Waals surface area (Å²) in [6, 6.07) is 0. The quantitative estimate of drug-likeness (QED) is 0.303. The first-order valence-corrected chi connectivity index (χ1v) is 8.79. The predicted molar refractivity (Wildman–Crippen MR) is 91.0 cm³/mol. The lowest BCUT2D eigenvalue weighted by atomic mass is 9.74. The molecule has 0 aromatic heterocycles. The maximum Gasteiger partial charge on any atom is 0.334 e. The molecule has 1 saturated carbocycles. The van der Waals surface area contributed by atoms with E-state index in [1.54, 1.807) is 13.0 Å². The fraction of sp³-hybridized carbons (Fsp3) is 0.632. The minimum atomic E-state index is -1.76. The summed E-state index contributed by atoms with van der Waals surface area (Å²) >= 11 is 0. The van der Waals surface area contributed by atoms with Gasteiger partial charge in [-0.15, -0.1) is 0 Å². The lowest BCUT2D eigenvalue weighted by molar-refractivity contribution is -0.195. The van der Waals surface area contributed by atoms with Crippen LogP contribution in [0, 0.1) is 17.8 Å². The largest absolute Gasteiger partial charge is 0.458 e. The van der Waals surface area contributed by atoms with E-state index in [-0.39, 0.29) is 5.57 Å². The Balaban J connectivity index is 2.15. The van der Waals surface area contributed by atoms with Gasteiger partial charge in [0.25, 0.3) is 0 Å². The van der Waals surface area contributed by atoms with Gasteiger partial charge in [0.2, 0.25) is 0 Å². The van der Waals surface area contributed by atoms with Gasteiger partial charge in [-0.2, -0.15) is 0 Å². The fourth-order valence-corrected chi connectivity index (χ4v) is 4.82. The second-order valence-corrected chi connectivity index (χ2v) is 7.70. The van der Waals surface area contributed by atoms with Gasteiger partial charge in [0, 0.05) is 31.3 Å². The van der Waals surface area contributed by atoms with Crippen molar-refractivity contribution < 1.29 is 38.8 Å². The molecule has 8 atom stereocenters. The van der Waals surface area contributed by atoms with Gasteiger partial charge in [-0.1, -0.05) is 12.2 Å². The highest BCUT2D eigenvalue weighted by Crippen LogP contribution is 2.53. The fourth-order valence-electron chi connectivity index (χ4n) is 4.82. The van der Waals surface area contributed by atoms with Crippen molar-refractivity contribution in [2.24, 2.45) is 17.8 Å². The van der Waals surface area contributed by atoms with Crippen LogP contribution in [0.5, 0.6) is 0 Å². The Bertz CT molecular complexity index is 736. The minimum Gasteiger partial charge on any atom is -0.458 e. The molecule has 1 saturated heterocycles. The molecule has 0 aromatic carbocycles. The normalized spacial score (nSPS) is 43.2. The van der Waals surface area contributed by atoms with Crippen LogP contribution in [0.25, 0.3) is 0 Å². The Morgan fingerprint density at radius 2 is 1.81 bits per heavy atom. The molecule has 27 heavy (non-hydrogen) atoms. The Kier molecular flexibility index (Phi) is 4.68. The second-order valence-electron chi connectivity index (χ2n) is 7.70. The molecule has 3 rings (SSSR count). The van der Waals surface area contributed by atoms with Gasteiger partial charge >= 0.3 is 17.9 Å². The zero-order valence-corrected chi connectivity index (χ0v) is 15.7. The summed E-state index contributed by atoms with van der Waals surface area (Å²) in [5.74, 6) is -4.06. The molecule has 0 amide bonds. The van der Waals surface area contributed by atoms with E-state index < -0.39 is 65.7 Å². The summed E-state index contributed by atoms with van der Waals surface area (Å²) in [5, 5.41) is 22.3. The van der Waals surface area contributed by atoms with Crippen molar-refractivity contribution in [2.45, 2.75) is 57.7 Å². The molecule has 8 unspecified atom stereocenters. The first kappa shape index (κ1) is 19.6. The number of aliphatic hydroxyl groups is 2. The first-order valence-electron chi connectivity index (χ1n) is 8.79. The van der Waals surface area contributed by atoms with Crippen LogP contribution in [0.15, 0.2) is 23.8 Å². The molecule has 0 aromatic rings. The van der Waals surface area contributed by atoms with E-state index in [0.717, 1.165) is 12.5 Å². The van der Waals surface area contributed by atoms with Gasteiger partial charge in [-0.3, -0.25) is 9.59 Å². The van der Waals surface area contributed by atoms with E-state index in [1.807, 2.05) is 0 Å². The number of aliphatic hydroxyl groups excluding tert-OH is 1. The molecular weight excluding hydrogens is 356 g/mol. The summed E-state index contributed by atoms with van der Waals surface area (Å²) in [5.41, 5.74) is -0.953. The SMILES string of the molecule is C=C1C(=O)OC2C1C(O)C(OC(C)=O)C(C)(O)C1C(OC(C)=O)C=C(C)C21.